The molecule has 0 atom stereocenters. The van der Waals surface area contributed by atoms with Crippen LogP contribution in [0.25, 0.3) is 0 Å². The molecular formula is C14H19BrN2O3. The summed E-state index contributed by atoms with van der Waals surface area (Å²) < 4.78 is 0.681. The van der Waals surface area contributed by atoms with Gasteiger partial charge in [-0.2, -0.15) is 0 Å². The van der Waals surface area contributed by atoms with Gasteiger partial charge < -0.3 is 15.7 Å². The number of carbonyl (C=O) groups is 2. The van der Waals surface area contributed by atoms with Gasteiger partial charge in [-0.05, 0) is 54.4 Å². The Hall–Kier alpha value is -1.56. The molecule has 6 heteroatoms. The van der Waals surface area contributed by atoms with Gasteiger partial charge in [-0.15, -0.1) is 0 Å². The van der Waals surface area contributed by atoms with Gasteiger partial charge in [0.15, 0.2) is 0 Å². The minimum Gasteiger partial charge on any atom is -0.481 e. The quantitative estimate of drug-likeness (QED) is 0.778. The lowest BCUT2D eigenvalue weighted by Gasteiger charge is -2.27. The fourth-order valence-electron chi connectivity index (χ4n) is 1.86. The molecule has 0 aliphatic heterocycles. The minimum atomic E-state index is -0.855. The molecule has 0 radical (unpaired) electrons. The maximum absolute atomic E-state index is 12.5. The maximum Gasteiger partial charge on any atom is 0.303 e. The van der Waals surface area contributed by atoms with Crippen LogP contribution in [0.4, 0.5) is 5.69 Å². The molecule has 3 N–H and O–H groups in total. The second kappa shape index (κ2) is 7.28. The molecule has 0 fully saturated rings. The lowest BCUT2D eigenvalue weighted by Crippen LogP contribution is -2.38. The van der Waals surface area contributed by atoms with Gasteiger partial charge in [0, 0.05) is 29.2 Å². The molecule has 5 nitrogen and oxygen atoms in total. The van der Waals surface area contributed by atoms with Crippen LogP contribution in [0.15, 0.2) is 22.7 Å². The third kappa shape index (κ3) is 4.52. The molecule has 110 valence electrons. The molecule has 0 unspecified atom stereocenters. The standard InChI is InChI=1S/C14H19BrN2O3/c1-9(2)17(7-3-4-13(18)19)14(20)11-8-10(16)5-6-12(11)15/h5-6,8-9H,3-4,7,16H2,1-2H3,(H,18,19). The predicted molar refractivity (Wildman–Crippen MR) is 81.6 cm³/mol. The van der Waals surface area contributed by atoms with E-state index in [1.807, 2.05) is 13.8 Å². The van der Waals surface area contributed by atoms with Crippen LogP contribution in [-0.4, -0.2) is 34.5 Å². The average molecular weight is 343 g/mol. The fourth-order valence-corrected chi connectivity index (χ4v) is 2.27. The number of carbonyl (C=O) groups excluding carboxylic acids is 1. The molecule has 0 saturated carbocycles. The van der Waals surface area contributed by atoms with Crippen molar-refractivity contribution in [3.05, 3.63) is 28.2 Å². The van der Waals surface area contributed by atoms with E-state index in [0.717, 1.165) is 0 Å². The van der Waals surface area contributed by atoms with Gasteiger partial charge in [-0.3, -0.25) is 9.59 Å². The number of anilines is 1. The Morgan fingerprint density at radius 2 is 2.05 bits per heavy atom. The molecule has 1 rings (SSSR count). The number of nitrogens with zero attached hydrogens (tertiary/aromatic N) is 1. The smallest absolute Gasteiger partial charge is 0.303 e. The second-order valence-corrected chi connectivity index (χ2v) is 5.68. The summed E-state index contributed by atoms with van der Waals surface area (Å²) in [7, 11) is 0. The Balaban J connectivity index is 2.88. The highest BCUT2D eigenvalue weighted by molar-refractivity contribution is 9.10. The summed E-state index contributed by atoms with van der Waals surface area (Å²) in [6.45, 7) is 4.21. The number of carboxylic acids is 1. The molecule has 1 aromatic carbocycles. The van der Waals surface area contributed by atoms with Crippen LogP contribution in [0.2, 0.25) is 0 Å². The minimum absolute atomic E-state index is 0.00961. The van der Waals surface area contributed by atoms with E-state index in [1.54, 1.807) is 23.1 Å². The third-order valence-corrected chi connectivity index (χ3v) is 3.59. The van der Waals surface area contributed by atoms with Crippen molar-refractivity contribution in [3.63, 3.8) is 0 Å². The van der Waals surface area contributed by atoms with E-state index in [4.69, 9.17) is 10.8 Å². The summed E-state index contributed by atoms with van der Waals surface area (Å²) in [5.41, 5.74) is 6.73. The molecule has 0 aromatic heterocycles. The highest BCUT2D eigenvalue weighted by atomic mass is 79.9. The van der Waals surface area contributed by atoms with Crippen LogP contribution >= 0.6 is 15.9 Å². The van der Waals surface area contributed by atoms with Crippen molar-refractivity contribution in [2.45, 2.75) is 32.7 Å². The molecule has 1 aromatic rings. The zero-order chi connectivity index (χ0) is 15.3. The number of halogens is 1. The normalized spacial score (nSPS) is 10.6. The predicted octanol–water partition coefficient (Wildman–Crippen LogP) is 2.75. The van der Waals surface area contributed by atoms with Crippen LogP contribution in [0.1, 0.15) is 37.0 Å². The number of benzene rings is 1. The Kier molecular flexibility index (Phi) is 6.01. The van der Waals surface area contributed by atoms with Crippen molar-refractivity contribution < 1.29 is 14.7 Å². The van der Waals surface area contributed by atoms with E-state index >= 15 is 0 Å². The van der Waals surface area contributed by atoms with Crippen LogP contribution in [0, 0.1) is 0 Å². The number of rotatable bonds is 6. The van der Waals surface area contributed by atoms with Gasteiger partial charge in [-0.25, -0.2) is 0 Å². The van der Waals surface area contributed by atoms with Gasteiger partial charge >= 0.3 is 5.97 Å². The first-order valence-electron chi connectivity index (χ1n) is 6.40. The van der Waals surface area contributed by atoms with Crippen molar-refractivity contribution in [3.8, 4) is 0 Å². The molecule has 0 bridgehead atoms. The van der Waals surface area contributed by atoms with Crippen molar-refractivity contribution in [1.82, 2.24) is 4.90 Å². The highest BCUT2D eigenvalue weighted by Gasteiger charge is 2.21. The van der Waals surface area contributed by atoms with E-state index in [-0.39, 0.29) is 18.4 Å². The highest BCUT2D eigenvalue weighted by Crippen LogP contribution is 2.22. The van der Waals surface area contributed by atoms with Gasteiger partial charge in [0.05, 0.1) is 5.56 Å². The van der Waals surface area contributed by atoms with E-state index < -0.39 is 5.97 Å². The summed E-state index contributed by atoms with van der Waals surface area (Å²) in [6.07, 6.45) is 0.480. The van der Waals surface area contributed by atoms with Gasteiger partial charge in [0.2, 0.25) is 0 Å². The van der Waals surface area contributed by atoms with E-state index in [2.05, 4.69) is 15.9 Å². The largest absolute Gasteiger partial charge is 0.481 e. The SMILES string of the molecule is CC(C)N(CCCC(=O)O)C(=O)c1cc(N)ccc1Br. The molecule has 20 heavy (non-hydrogen) atoms. The summed E-state index contributed by atoms with van der Waals surface area (Å²) in [6, 6.07) is 5.06. The molecule has 0 spiro atoms. The van der Waals surface area contributed by atoms with Crippen LogP contribution in [0.5, 0.6) is 0 Å². The first-order valence-corrected chi connectivity index (χ1v) is 7.20. The Morgan fingerprint density at radius 1 is 1.40 bits per heavy atom. The number of hydrogen-bond donors (Lipinski definition) is 2. The van der Waals surface area contributed by atoms with Crippen molar-refractivity contribution >= 4 is 33.5 Å². The lowest BCUT2D eigenvalue weighted by atomic mass is 10.1. The summed E-state index contributed by atoms with van der Waals surface area (Å²) in [5, 5.41) is 8.67. The van der Waals surface area contributed by atoms with Crippen LogP contribution in [0.3, 0.4) is 0 Å². The van der Waals surface area contributed by atoms with E-state index in [0.29, 0.717) is 28.7 Å². The topological polar surface area (TPSA) is 83.6 Å². The fraction of sp³-hybridized carbons (Fsp3) is 0.429. The zero-order valence-corrected chi connectivity index (χ0v) is 13.2. The zero-order valence-electron chi connectivity index (χ0n) is 11.6. The third-order valence-electron chi connectivity index (χ3n) is 2.89. The van der Waals surface area contributed by atoms with Crippen molar-refractivity contribution in [2.75, 3.05) is 12.3 Å². The molecule has 1 amide bonds. The van der Waals surface area contributed by atoms with Crippen LogP contribution < -0.4 is 5.73 Å². The number of amides is 1. The second-order valence-electron chi connectivity index (χ2n) is 4.83. The first kappa shape index (κ1) is 16.5. The van der Waals surface area contributed by atoms with Crippen LogP contribution in [-0.2, 0) is 4.79 Å². The molecule has 0 saturated heterocycles. The summed E-state index contributed by atoms with van der Waals surface area (Å²) in [4.78, 5) is 24.7. The maximum atomic E-state index is 12.5. The van der Waals surface area contributed by atoms with E-state index in [9.17, 15) is 9.59 Å². The first-order chi connectivity index (χ1) is 9.32. The number of hydrogen-bond acceptors (Lipinski definition) is 3. The van der Waals surface area contributed by atoms with Gasteiger partial charge in [0.25, 0.3) is 5.91 Å². The Morgan fingerprint density at radius 3 is 2.60 bits per heavy atom. The van der Waals surface area contributed by atoms with Gasteiger partial charge in [-0.1, -0.05) is 0 Å². The average Bonchev–Trinajstić information content (AvgIpc) is 2.36. The Labute approximate surface area is 126 Å². The van der Waals surface area contributed by atoms with Gasteiger partial charge in [0.1, 0.15) is 0 Å². The number of nitrogens with two attached hydrogens (primary N) is 1. The monoisotopic (exact) mass is 342 g/mol. The van der Waals surface area contributed by atoms with Crippen molar-refractivity contribution in [1.29, 1.82) is 0 Å². The molecule has 0 aliphatic rings. The molecule has 0 heterocycles. The van der Waals surface area contributed by atoms with Crippen molar-refractivity contribution in [2.24, 2.45) is 0 Å². The molecule has 0 aliphatic carbocycles. The summed E-state index contributed by atoms with van der Waals surface area (Å²) in [5.74, 6) is -1.00. The Bertz CT molecular complexity index is 503. The molecular weight excluding hydrogens is 324 g/mol. The van der Waals surface area contributed by atoms with E-state index in [1.165, 1.54) is 0 Å². The summed E-state index contributed by atoms with van der Waals surface area (Å²) >= 11 is 3.34. The number of aliphatic carboxylic acids is 1. The number of carboxylic acid groups (broad SMARTS) is 1. The number of nitrogen functional groups attached to an aromatic ring is 1. The lowest BCUT2D eigenvalue weighted by molar-refractivity contribution is -0.137.